The van der Waals surface area contributed by atoms with E-state index in [2.05, 4.69) is 4.74 Å². The van der Waals surface area contributed by atoms with Gasteiger partial charge in [0.25, 0.3) is 0 Å². The second-order valence-electron chi connectivity index (χ2n) is 2.68. The predicted molar refractivity (Wildman–Crippen MR) is 48.0 cm³/mol. The Morgan fingerprint density at radius 2 is 1.47 bits per heavy atom. The Bertz CT molecular complexity index is 175. The fourth-order valence-corrected chi connectivity index (χ4v) is 3.28. The average Bonchev–Trinajstić information content (AvgIpc) is 2.17. The van der Waals surface area contributed by atoms with E-state index in [0.717, 1.165) is 0 Å². The fraction of sp³-hybridized carbons (Fsp3) is 1.00. The monoisotopic (exact) mass is 248 g/mol. The highest BCUT2D eigenvalue weighted by Gasteiger charge is 2.52. The zero-order valence-electron chi connectivity index (χ0n) is 9.05. The van der Waals surface area contributed by atoms with Gasteiger partial charge in [0.2, 0.25) is 0 Å². The van der Waals surface area contributed by atoms with Crippen molar-refractivity contribution in [1.29, 1.82) is 0 Å². The Morgan fingerprint density at radius 1 is 1.07 bits per heavy atom. The standard InChI is InChI=1S/C7H15F3O4Si/c1-5-6(14-7(8,9)10)15(11-2,12-3)13-4/h6H,5H2,1-4H3. The molecule has 0 saturated carbocycles. The highest BCUT2D eigenvalue weighted by atomic mass is 28.4. The smallest absolute Gasteiger partial charge is 0.375 e. The molecule has 0 aromatic carbocycles. The number of hydrogen-bond acceptors (Lipinski definition) is 4. The minimum absolute atomic E-state index is 0.0846. The minimum atomic E-state index is -4.73. The van der Waals surface area contributed by atoms with Gasteiger partial charge in [-0.2, -0.15) is 0 Å². The van der Waals surface area contributed by atoms with Gasteiger partial charge in [-0.15, -0.1) is 13.2 Å². The van der Waals surface area contributed by atoms with Gasteiger partial charge in [-0.1, -0.05) is 6.92 Å². The van der Waals surface area contributed by atoms with Crippen LogP contribution in [0.25, 0.3) is 0 Å². The number of rotatable bonds is 6. The molecule has 0 N–H and O–H groups in total. The van der Waals surface area contributed by atoms with E-state index < -0.39 is 20.9 Å². The van der Waals surface area contributed by atoms with Crippen molar-refractivity contribution in [3.8, 4) is 0 Å². The van der Waals surface area contributed by atoms with Crippen molar-refractivity contribution in [2.24, 2.45) is 0 Å². The Hall–Kier alpha value is -0.153. The van der Waals surface area contributed by atoms with Crippen molar-refractivity contribution in [2.45, 2.75) is 25.4 Å². The summed E-state index contributed by atoms with van der Waals surface area (Å²) in [5, 5.41) is 0. The van der Waals surface area contributed by atoms with E-state index >= 15 is 0 Å². The molecule has 0 heterocycles. The second kappa shape index (κ2) is 5.80. The van der Waals surface area contributed by atoms with Crippen molar-refractivity contribution in [2.75, 3.05) is 21.3 Å². The summed E-state index contributed by atoms with van der Waals surface area (Å²) in [7, 11) is 0.314. The highest BCUT2D eigenvalue weighted by molar-refractivity contribution is 6.62. The molecule has 0 aromatic heterocycles. The molecule has 0 aliphatic heterocycles. The summed E-state index contributed by atoms with van der Waals surface area (Å²) < 4.78 is 54.8. The molecule has 0 aromatic rings. The van der Waals surface area contributed by atoms with Crippen LogP contribution in [-0.4, -0.2) is 42.2 Å². The number of halogens is 3. The summed E-state index contributed by atoms with van der Waals surface area (Å²) in [5.74, 6) is 0. The van der Waals surface area contributed by atoms with Crippen LogP contribution in [0.15, 0.2) is 0 Å². The molecule has 0 amide bonds. The molecular weight excluding hydrogens is 233 g/mol. The molecule has 0 aliphatic carbocycles. The van der Waals surface area contributed by atoms with E-state index in [9.17, 15) is 13.2 Å². The van der Waals surface area contributed by atoms with E-state index in [1.165, 1.54) is 28.3 Å². The van der Waals surface area contributed by atoms with E-state index in [-0.39, 0.29) is 6.42 Å². The highest BCUT2D eigenvalue weighted by Crippen LogP contribution is 2.26. The maximum Gasteiger partial charge on any atom is 0.531 e. The van der Waals surface area contributed by atoms with Crippen LogP contribution in [0, 0.1) is 0 Å². The maximum atomic E-state index is 12.1. The van der Waals surface area contributed by atoms with Crippen molar-refractivity contribution < 1.29 is 31.2 Å². The van der Waals surface area contributed by atoms with Crippen molar-refractivity contribution in [3.63, 3.8) is 0 Å². The van der Waals surface area contributed by atoms with Crippen molar-refractivity contribution in [1.82, 2.24) is 0 Å². The van der Waals surface area contributed by atoms with Crippen molar-refractivity contribution >= 4 is 8.80 Å². The summed E-state index contributed by atoms with van der Waals surface area (Å²) >= 11 is 0. The van der Waals surface area contributed by atoms with Gasteiger partial charge >= 0.3 is 15.2 Å². The molecule has 8 heteroatoms. The first-order valence-corrected chi connectivity index (χ1v) is 6.05. The van der Waals surface area contributed by atoms with E-state index in [1.807, 2.05) is 0 Å². The van der Waals surface area contributed by atoms with Gasteiger partial charge in [-0.05, 0) is 6.42 Å². The summed E-state index contributed by atoms with van der Waals surface area (Å²) in [6, 6.07) is 0. The third kappa shape index (κ3) is 4.07. The summed E-state index contributed by atoms with van der Waals surface area (Å²) in [4.78, 5) is 0. The molecule has 92 valence electrons. The van der Waals surface area contributed by atoms with E-state index in [0.29, 0.717) is 0 Å². The van der Waals surface area contributed by atoms with Crippen LogP contribution in [0.4, 0.5) is 13.2 Å². The van der Waals surface area contributed by atoms with Gasteiger partial charge in [0.05, 0.1) is 0 Å². The molecule has 0 bridgehead atoms. The van der Waals surface area contributed by atoms with Gasteiger partial charge in [-0.3, -0.25) is 4.74 Å². The van der Waals surface area contributed by atoms with Crippen LogP contribution in [0.5, 0.6) is 0 Å². The van der Waals surface area contributed by atoms with Gasteiger partial charge in [-0.25, -0.2) is 0 Å². The summed E-state index contributed by atoms with van der Waals surface area (Å²) in [5.41, 5.74) is -1.25. The summed E-state index contributed by atoms with van der Waals surface area (Å²) in [6.07, 6.45) is -4.64. The first-order valence-electron chi connectivity index (χ1n) is 4.25. The van der Waals surface area contributed by atoms with Crippen molar-refractivity contribution in [3.05, 3.63) is 0 Å². The topological polar surface area (TPSA) is 36.9 Å². The SMILES string of the molecule is CCC(OC(F)(F)F)[Si](OC)(OC)OC. The molecule has 0 saturated heterocycles. The lowest BCUT2D eigenvalue weighted by Crippen LogP contribution is -2.56. The first kappa shape index (κ1) is 14.8. The van der Waals surface area contributed by atoms with Crippen LogP contribution < -0.4 is 0 Å². The molecule has 0 radical (unpaired) electrons. The van der Waals surface area contributed by atoms with Crippen LogP contribution in [0.2, 0.25) is 0 Å². The predicted octanol–water partition coefficient (Wildman–Crippen LogP) is 1.72. The Kier molecular flexibility index (Phi) is 5.74. The number of hydrogen-bond donors (Lipinski definition) is 0. The largest absolute Gasteiger partial charge is 0.531 e. The third-order valence-electron chi connectivity index (χ3n) is 1.89. The lowest BCUT2D eigenvalue weighted by Gasteiger charge is -2.31. The Morgan fingerprint density at radius 3 is 1.67 bits per heavy atom. The van der Waals surface area contributed by atoms with Crippen LogP contribution in [0.3, 0.4) is 0 Å². The van der Waals surface area contributed by atoms with Crippen LogP contribution in [0.1, 0.15) is 13.3 Å². The van der Waals surface area contributed by atoms with Gasteiger partial charge in [0, 0.05) is 21.3 Å². The quantitative estimate of drug-likeness (QED) is 0.671. The third-order valence-corrected chi connectivity index (χ3v) is 4.92. The minimum Gasteiger partial charge on any atom is -0.375 e. The fourth-order valence-electron chi connectivity index (χ4n) is 1.21. The van der Waals surface area contributed by atoms with Gasteiger partial charge in [0.15, 0.2) is 0 Å². The molecule has 0 fully saturated rings. The molecule has 4 nitrogen and oxygen atoms in total. The maximum absolute atomic E-state index is 12.1. The molecule has 15 heavy (non-hydrogen) atoms. The zero-order chi connectivity index (χ0) is 12.1. The Balaban J connectivity index is 4.74. The van der Waals surface area contributed by atoms with Gasteiger partial charge in [0.1, 0.15) is 5.73 Å². The molecule has 1 atom stereocenters. The molecule has 0 spiro atoms. The lowest BCUT2D eigenvalue weighted by molar-refractivity contribution is -0.338. The lowest BCUT2D eigenvalue weighted by atomic mass is 10.5. The van der Waals surface area contributed by atoms with Crippen LogP contribution in [-0.2, 0) is 18.0 Å². The molecule has 1 unspecified atom stereocenters. The van der Waals surface area contributed by atoms with E-state index in [4.69, 9.17) is 13.3 Å². The summed E-state index contributed by atoms with van der Waals surface area (Å²) in [6.45, 7) is 1.54. The first-order chi connectivity index (χ1) is 6.85. The van der Waals surface area contributed by atoms with Gasteiger partial charge < -0.3 is 13.3 Å². The Labute approximate surface area is 87.6 Å². The van der Waals surface area contributed by atoms with E-state index in [1.54, 1.807) is 0 Å². The average molecular weight is 248 g/mol. The normalized spacial score (nSPS) is 15.4. The zero-order valence-corrected chi connectivity index (χ0v) is 10.1. The van der Waals surface area contributed by atoms with Crippen LogP contribution >= 0.6 is 0 Å². The molecular formula is C7H15F3O4Si. The second-order valence-corrected chi connectivity index (χ2v) is 5.75. The number of alkyl halides is 3. The molecule has 0 aliphatic rings. The molecule has 0 rings (SSSR count). The number of ether oxygens (including phenoxy) is 1.